The lowest BCUT2D eigenvalue weighted by atomic mass is 9.80. The monoisotopic (exact) mass is 553 g/mol. The molecule has 1 aliphatic rings. The second-order valence-corrected chi connectivity index (χ2v) is 9.49. The molecule has 0 spiro atoms. The summed E-state index contributed by atoms with van der Waals surface area (Å²) in [5.41, 5.74) is 8.26. The zero-order valence-electron chi connectivity index (χ0n) is 23.1. The van der Waals surface area contributed by atoms with Crippen LogP contribution >= 0.6 is 0 Å². The van der Waals surface area contributed by atoms with Crippen LogP contribution in [-0.2, 0) is 23.8 Å². The SMILES string of the molecule is CCO[C@@H]1OC(C(=O)NCCCCC(=O)Nc2ccccc2N)=C[C@H](c2ccc(C(=O)OC)cc2)[C@H]1CCCO. The van der Waals surface area contributed by atoms with Gasteiger partial charge in [-0.05, 0) is 68.5 Å². The van der Waals surface area contributed by atoms with Crippen LogP contribution in [0, 0.1) is 5.92 Å². The van der Waals surface area contributed by atoms with Crippen LogP contribution in [0.15, 0.2) is 60.4 Å². The summed E-state index contributed by atoms with van der Waals surface area (Å²) in [6, 6.07) is 14.1. The molecule has 0 aromatic heterocycles. The largest absolute Gasteiger partial charge is 0.465 e. The number of ether oxygens (including phenoxy) is 3. The number of aliphatic hydroxyl groups excluding tert-OH is 1. The molecular formula is C30H39N3O7. The van der Waals surface area contributed by atoms with Crippen molar-refractivity contribution in [1.29, 1.82) is 0 Å². The van der Waals surface area contributed by atoms with Gasteiger partial charge in [0.1, 0.15) is 0 Å². The Labute approximate surface area is 234 Å². The molecule has 1 aliphatic heterocycles. The van der Waals surface area contributed by atoms with Crippen molar-refractivity contribution in [2.45, 2.75) is 51.2 Å². The molecule has 2 amide bonds. The number of esters is 1. The minimum absolute atomic E-state index is 0.0250. The van der Waals surface area contributed by atoms with E-state index in [2.05, 4.69) is 10.6 Å². The van der Waals surface area contributed by atoms with Crippen molar-refractivity contribution >= 4 is 29.2 Å². The Morgan fingerprint density at radius 3 is 2.48 bits per heavy atom. The van der Waals surface area contributed by atoms with Crippen LogP contribution in [0.3, 0.4) is 0 Å². The van der Waals surface area contributed by atoms with Crippen molar-refractivity contribution < 1.29 is 33.7 Å². The van der Waals surface area contributed by atoms with Crippen LogP contribution in [0.5, 0.6) is 0 Å². The summed E-state index contributed by atoms with van der Waals surface area (Å²) in [4.78, 5) is 37.2. The molecule has 0 saturated heterocycles. The van der Waals surface area contributed by atoms with Gasteiger partial charge in [-0.3, -0.25) is 9.59 Å². The number of rotatable bonds is 14. The molecule has 216 valence electrons. The van der Waals surface area contributed by atoms with E-state index in [1.807, 2.05) is 19.1 Å². The van der Waals surface area contributed by atoms with Crippen LogP contribution in [-0.4, -0.2) is 56.0 Å². The number of para-hydroxylation sites is 2. The molecule has 0 bridgehead atoms. The van der Waals surface area contributed by atoms with Gasteiger partial charge >= 0.3 is 5.97 Å². The fourth-order valence-corrected chi connectivity index (χ4v) is 4.63. The van der Waals surface area contributed by atoms with E-state index in [4.69, 9.17) is 19.9 Å². The Kier molecular flexibility index (Phi) is 12.0. The minimum Gasteiger partial charge on any atom is -0.465 e. The van der Waals surface area contributed by atoms with Gasteiger partial charge in [0.15, 0.2) is 5.76 Å². The third kappa shape index (κ3) is 8.56. The molecule has 10 heteroatoms. The molecule has 3 rings (SSSR count). The smallest absolute Gasteiger partial charge is 0.337 e. The normalized spacial score (nSPS) is 18.3. The van der Waals surface area contributed by atoms with Gasteiger partial charge in [0, 0.05) is 38.0 Å². The number of allylic oxidation sites excluding steroid dienone is 1. The third-order valence-electron chi connectivity index (χ3n) is 6.70. The number of benzene rings is 2. The van der Waals surface area contributed by atoms with Crippen molar-refractivity contribution in [3.63, 3.8) is 0 Å². The van der Waals surface area contributed by atoms with Crippen molar-refractivity contribution in [2.24, 2.45) is 5.92 Å². The van der Waals surface area contributed by atoms with Crippen LogP contribution in [0.25, 0.3) is 0 Å². The molecule has 0 aliphatic carbocycles. The number of hydrogen-bond donors (Lipinski definition) is 4. The van der Waals surface area contributed by atoms with Crippen molar-refractivity contribution in [2.75, 3.05) is 37.9 Å². The number of methoxy groups -OCH3 is 1. The predicted molar refractivity (Wildman–Crippen MR) is 151 cm³/mol. The Bertz CT molecular complexity index is 1170. The number of carbonyl (C=O) groups is 3. The Morgan fingerprint density at radius 1 is 1.05 bits per heavy atom. The summed E-state index contributed by atoms with van der Waals surface area (Å²) in [6.45, 7) is 2.63. The molecule has 40 heavy (non-hydrogen) atoms. The highest BCUT2D eigenvalue weighted by atomic mass is 16.7. The molecule has 0 unspecified atom stereocenters. The van der Waals surface area contributed by atoms with Crippen molar-refractivity contribution in [3.8, 4) is 0 Å². The summed E-state index contributed by atoms with van der Waals surface area (Å²) in [5, 5.41) is 15.1. The van der Waals surface area contributed by atoms with E-state index >= 15 is 0 Å². The molecule has 1 heterocycles. The topological polar surface area (TPSA) is 149 Å². The standard InChI is InChI=1S/C30H39N3O7/c1-3-39-30-22(9-8-18-34)23(20-13-15-21(16-14-20)29(37)38-2)19-26(40-30)28(36)32-17-7-6-12-27(35)33-25-11-5-4-10-24(25)31/h4-5,10-11,13-16,19,22-23,30,34H,3,6-9,12,17-18,31H2,1-2H3,(H,32,36)(H,33,35)/t22-,23-,30-/m1/s1. The first-order valence-corrected chi connectivity index (χ1v) is 13.6. The Balaban J connectivity index is 1.63. The maximum absolute atomic E-state index is 13.0. The summed E-state index contributed by atoms with van der Waals surface area (Å²) < 4.78 is 16.7. The first-order valence-electron chi connectivity index (χ1n) is 13.6. The molecular weight excluding hydrogens is 514 g/mol. The van der Waals surface area contributed by atoms with Crippen molar-refractivity contribution in [1.82, 2.24) is 5.32 Å². The van der Waals surface area contributed by atoms with Gasteiger partial charge in [0.2, 0.25) is 12.2 Å². The fraction of sp³-hybridized carbons (Fsp3) is 0.433. The summed E-state index contributed by atoms with van der Waals surface area (Å²) in [7, 11) is 1.33. The molecule has 0 fully saturated rings. The molecule has 0 radical (unpaired) electrons. The zero-order valence-corrected chi connectivity index (χ0v) is 23.1. The van der Waals surface area contributed by atoms with Gasteiger partial charge in [-0.1, -0.05) is 24.3 Å². The quantitative estimate of drug-likeness (QED) is 0.157. The Hall–Kier alpha value is -3.89. The lowest BCUT2D eigenvalue weighted by Crippen LogP contribution is -2.39. The van der Waals surface area contributed by atoms with E-state index < -0.39 is 12.3 Å². The lowest BCUT2D eigenvalue weighted by Gasteiger charge is -2.37. The zero-order chi connectivity index (χ0) is 28.9. The minimum atomic E-state index is -0.679. The van der Waals surface area contributed by atoms with Gasteiger partial charge in [-0.25, -0.2) is 4.79 Å². The molecule has 5 N–H and O–H groups in total. The fourth-order valence-electron chi connectivity index (χ4n) is 4.63. The average Bonchev–Trinajstić information content (AvgIpc) is 2.97. The van der Waals surface area contributed by atoms with Crippen molar-refractivity contribution in [3.05, 3.63) is 71.5 Å². The number of nitrogen functional groups attached to an aromatic ring is 1. The van der Waals surface area contributed by atoms with Gasteiger partial charge < -0.3 is 35.7 Å². The second kappa shape index (κ2) is 15.6. The van der Waals surface area contributed by atoms with Gasteiger partial charge in [0.05, 0.1) is 24.0 Å². The Morgan fingerprint density at radius 2 is 1.80 bits per heavy atom. The highest BCUT2D eigenvalue weighted by Gasteiger charge is 2.37. The number of aliphatic hydroxyl groups is 1. The van der Waals surface area contributed by atoms with E-state index in [1.54, 1.807) is 42.5 Å². The summed E-state index contributed by atoms with van der Waals surface area (Å²) in [5.74, 6) is -1.18. The number of carbonyl (C=O) groups excluding carboxylic acids is 3. The number of nitrogens with one attached hydrogen (secondary N) is 2. The summed E-state index contributed by atoms with van der Waals surface area (Å²) >= 11 is 0. The van der Waals surface area contributed by atoms with Gasteiger partial charge in [-0.15, -0.1) is 0 Å². The highest BCUT2D eigenvalue weighted by Crippen LogP contribution is 2.39. The van der Waals surface area contributed by atoms with E-state index in [0.717, 1.165) is 5.56 Å². The number of hydrogen-bond acceptors (Lipinski definition) is 8. The number of unbranched alkanes of at least 4 members (excludes halogenated alkanes) is 1. The first-order chi connectivity index (χ1) is 19.4. The maximum Gasteiger partial charge on any atom is 0.337 e. The number of amides is 2. The van der Waals surface area contributed by atoms with E-state index in [9.17, 15) is 19.5 Å². The third-order valence-corrected chi connectivity index (χ3v) is 6.70. The van der Waals surface area contributed by atoms with Crippen LogP contribution < -0.4 is 16.4 Å². The average molecular weight is 554 g/mol. The first kappa shape index (κ1) is 30.6. The molecule has 10 nitrogen and oxygen atoms in total. The molecule has 0 saturated carbocycles. The number of nitrogens with two attached hydrogens (primary N) is 1. The van der Waals surface area contributed by atoms with Crippen LogP contribution in [0.4, 0.5) is 11.4 Å². The highest BCUT2D eigenvalue weighted by molar-refractivity contribution is 5.94. The second-order valence-electron chi connectivity index (χ2n) is 9.49. The van der Waals surface area contributed by atoms with Gasteiger partial charge in [0.25, 0.3) is 5.91 Å². The van der Waals surface area contributed by atoms with E-state index in [1.165, 1.54) is 7.11 Å². The number of anilines is 2. The molecule has 2 aromatic carbocycles. The predicted octanol–water partition coefficient (Wildman–Crippen LogP) is 3.73. The lowest BCUT2D eigenvalue weighted by molar-refractivity contribution is -0.166. The van der Waals surface area contributed by atoms with Crippen LogP contribution in [0.1, 0.15) is 60.9 Å². The van der Waals surface area contributed by atoms with Gasteiger partial charge in [-0.2, -0.15) is 0 Å². The van der Waals surface area contributed by atoms with Crippen LogP contribution in [0.2, 0.25) is 0 Å². The summed E-state index contributed by atoms with van der Waals surface area (Å²) in [6.07, 6.45) is 3.74. The van der Waals surface area contributed by atoms with E-state index in [-0.39, 0.29) is 36.0 Å². The van der Waals surface area contributed by atoms with E-state index in [0.29, 0.717) is 62.2 Å². The molecule has 2 aromatic rings. The molecule has 3 atom stereocenters. The maximum atomic E-state index is 13.0.